The van der Waals surface area contributed by atoms with Crippen LogP contribution in [-0.2, 0) is 23.3 Å². The molecule has 0 aromatic heterocycles. The molecule has 1 aromatic carbocycles. The summed E-state index contributed by atoms with van der Waals surface area (Å²) in [6.45, 7) is 4.23. The van der Waals surface area contributed by atoms with E-state index < -0.39 is 7.82 Å². The number of benzene rings is 1. The lowest BCUT2D eigenvalue weighted by Gasteiger charge is -2.19. The van der Waals surface area contributed by atoms with Crippen molar-refractivity contribution >= 4 is 7.82 Å². The fraction of sp³-hybridized carbons (Fsp3) is 0.684. The zero-order valence-corrected chi connectivity index (χ0v) is 17.4. The predicted molar refractivity (Wildman–Crippen MR) is 105 cm³/mol. The minimum Gasteiger partial charge on any atom is -0.488 e. The minimum atomic E-state index is -4.42. The first-order valence-electron chi connectivity index (χ1n) is 9.66. The Labute approximate surface area is 167 Å². The lowest BCUT2D eigenvalue weighted by molar-refractivity contribution is -0.00955. The van der Waals surface area contributed by atoms with Crippen LogP contribution in [-0.4, -0.2) is 62.1 Å². The molecule has 9 heteroatoms. The van der Waals surface area contributed by atoms with Crippen LogP contribution >= 0.6 is 7.82 Å². The van der Waals surface area contributed by atoms with Gasteiger partial charge in [0, 0.05) is 0 Å². The van der Waals surface area contributed by atoms with Crippen LogP contribution in [0.4, 0.5) is 0 Å². The third-order valence-electron chi connectivity index (χ3n) is 3.71. The van der Waals surface area contributed by atoms with Gasteiger partial charge in [0.15, 0.2) is 0 Å². The first kappa shape index (κ1) is 25.0. The molecule has 8 nitrogen and oxygen atoms in total. The van der Waals surface area contributed by atoms with Crippen molar-refractivity contribution in [2.45, 2.75) is 38.7 Å². The van der Waals surface area contributed by atoms with Crippen LogP contribution in [0.25, 0.3) is 0 Å². The Balaban J connectivity index is 2.06. The summed E-state index contributed by atoms with van der Waals surface area (Å²) in [4.78, 5) is 17.0. The smallest absolute Gasteiger partial charge is 0.469 e. The van der Waals surface area contributed by atoms with Gasteiger partial charge >= 0.3 is 7.82 Å². The largest absolute Gasteiger partial charge is 0.488 e. The summed E-state index contributed by atoms with van der Waals surface area (Å²) >= 11 is 0. The summed E-state index contributed by atoms with van der Waals surface area (Å²) in [5.41, 5.74) is 0. The molecular formula is C19H33O8P. The molecule has 0 fully saturated rings. The van der Waals surface area contributed by atoms with Crippen LogP contribution in [0.15, 0.2) is 30.3 Å². The third kappa shape index (κ3) is 15.0. The topological polar surface area (TPSA) is 104 Å². The van der Waals surface area contributed by atoms with Crippen molar-refractivity contribution in [3.63, 3.8) is 0 Å². The van der Waals surface area contributed by atoms with E-state index in [9.17, 15) is 4.57 Å². The van der Waals surface area contributed by atoms with Gasteiger partial charge in [0.2, 0.25) is 0 Å². The van der Waals surface area contributed by atoms with Crippen molar-refractivity contribution < 1.29 is 37.8 Å². The van der Waals surface area contributed by atoms with Gasteiger partial charge in [0.25, 0.3) is 0 Å². The normalized spacial score (nSPS) is 12.8. The van der Waals surface area contributed by atoms with Crippen LogP contribution < -0.4 is 4.74 Å². The Morgan fingerprint density at radius 1 is 0.893 bits per heavy atom. The van der Waals surface area contributed by atoms with Gasteiger partial charge < -0.3 is 28.7 Å². The lowest BCUT2D eigenvalue weighted by atomic mass is 10.1. The van der Waals surface area contributed by atoms with Crippen molar-refractivity contribution in [1.29, 1.82) is 0 Å². The molecule has 1 rings (SSSR count). The van der Waals surface area contributed by atoms with Gasteiger partial charge in [-0.05, 0) is 25.0 Å². The molecule has 0 aliphatic carbocycles. The number of para-hydroxylation sites is 1. The molecule has 28 heavy (non-hydrogen) atoms. The molecule has 0 aliphatic rings. The first-order valence-corrected chi connectivity index (χ1v) is 11.2. The number of ether oxygens (including phenoxy) is 4. The summed E-state index contributed by atoms with van der Waals surface area (Å²) in [7, 11) is -4.42. The predicted octanol–water partition coefficient (Wildman–Crippen LogP) is 3.17. The second-order valence-corrected chi connectivity index (χ2v) is 7.41. The average molecular weight is 420 g/mol. The molecule has 0 saturated heterocycles. The molecule has 0 aliphatic heterocycles. The maximum Gasteiger partial charge on any atom is 0.469 e. The minimum absolute atomic E-state index is 0.0197. The molecule has 1 atom stereocenters. The molecule has 2 N–H and O–H groups in total. The highest BCUT2D eigenvalue weighted by atomic mass is 31.2. The van der Waals surface area contributed by atoms with E-state index in [4.69, 9.17) is 28.7 Å². The molecule has 0 spiro atoms. The van der Waals surface area contributed by atoms with Crippen molar-refractivity contribution in [3.8, 4) is 5.75 Å². The maximum absolute atomic E-state index is 10.5. The monoisotopic (exact) mass is 420 g/mol. The Kier molecular flexibility index (Phi) is 14.2. The molecule has 0 radical (unpaired) electrons. The Morgan fingerprint density at radius 3 is 2.11 bits per heavy atom. The zero-order valence-electron chi connectivity index (χ0n) is 16.5. The van der Waals surface area contributed by atoms with E-state index in [0.29, 0.717) is 33.0 Å². The van der Waals surface area contributed by atoms with Gasteiger partial charge in [-0.1, -0.05) is 38.0 Å². The highest BCUT2D eigenvalue weighted by molar-refractivity contribution is 7.46. The van der Waals surface area contributed by atoms with Gasteiger partial charge in [0.1, 0.15) is 11.9 Å². The van der Waals surface area contributed by atoms with E-state index in [1.165, 1.54) is 12.8 Å². The van der Waals surface area contributed by atoms with Crippen LogP contribution in [0.1, 0.15) is 32.6 Å². The number of hydrogen-bond donors (Lipinski definition) is 2. The van der Waals surface area contributed by atoms with Gasteiger partial charge in [-0.2, -0.15) is 0 Å². The average Bonchev–Trinajstić information content (AvgIpc) is 2.66. The zero-order chi connectivity index (χ0) is 20.5. The van der Waals surface area contributed by atoms with Crippen molar-refractivity contribution in [1.82, 2.24) is 0 Å². The molecular weight excluding hydrogens is 387 g/mol. The van der Waals surface area contributed by atoms with E-state index in [2.05, 4.69) is 11.4 Å². The maximum atomic E-state index is 10.5. The third-order valence-corrected chi connectivity index (χ3v) is 4.23. The molecule has 0 heterocycles. The van der Waals surface area contributed by atoms with E-state index in [-0.39, 0.29) is 19.3 Å². The molecule has 1 aromatic rings. The number of hydrogen-bond acceptors (Lipinski definition) is 6. The number of unbranched alkanes of at least 4 members (excludes halogenated alkanes) is 2. The lowest BCUT2D eigenvalue weighted by Crippen LogP contribution is -2.24. The van der Waals surface area contributed by atoms with Crippen molar-refractivity contribution in [2.75, 3.05) is 46.2 Å². The van der Waals surface area contributed by atoms with E-state index >= 15 is 0 Å². The van der Waals surface area contributed by atoms with Gasteiger partial charge in [-0.3, -0.25) is 4.52 Å². The van der Waals surface area contributed by atoms with Gasteiger partial charge in [0.05, 0.1) is 46.2 Å². The molecule has 0 bridgehead atoms. The highest BCUT2D eigenvalue weighted by Gasteiger charge is 2.12. The van der Waals surface area contributed by atoms with Crippen LogP contribution in [0.3, 0.4) is 0 Å². The second kappa shape index (κ2) is 15.9. The summed E-state index contributed by atoms with van der Waals surface area (Å²) in [5.74, 6) is 0.851. The molecule has 0 saturated carbocycles. The quantitative estimate of drug-likeness (QED) is 0.276. The number of phosphoric ester groups is 1. The summed E-state index contributed by atoms with van der Waals surface area (Å²) in [6, 6.07) is 9.75. The summed E-state index contributed by atoms with van der Waals surface area (Å²) in [5, 5.41) is 0. The Hall–Kier alpha value is -0.990. The van der Waals surface area contributed by atoms with Gasteiger partial charge in [-0.15, -0.1) is 0 Å². The Bertz CT molecular complexity index is 522. The van der Waals surface area contributed by atoms with Crippen LogP contribution in [0.2, 0.25) is 0 Å². The molecule has 0 amide bonds. The standard InChI is InChI=1S/C19H33O8P/c1-2-3-5-10-19(27-18-8-6-4-7-9-18)17-25-14-13-23-11-12-24-15-16-26-28(20,21)22/h4,6-9,19H,2-3,5,10-17H2,1H3,(H2,20,21,22). The van der Waals surface area contributed by atoms with E-state index in [0.717, 1.165) is 18.6 Å². The van der Waals surface area contributed by atoms with Crippen molar-refractivity contribution in [2.24, 2.45) is 0 Å². The molecule has 162 valence electrons. The van der Waals surface area contributed by atoms with Crippen molar-refractivity contribution in [3.05, 3.63) is 30.3 Å². The second-order valence-electron chi connectivity index (χ2n) is 6.17. The highest BCUT2D eigenvalue weighted by Crippen LogP contribution is 2.35. The van der Waals surface area contributed by atoms with Gasteiger partial charge in [-0.25, -0.2) is 4.57 Å². The fourth-order valence-electron chi connectivity index (χ4n) is 2.36. The van der Waals surface area contributed by atoms with Crippen LogP contribution in [0.5, 0.6) is 5.75 Å². The number of rotatable bonds is 18. The first-order chi connectivity index (χ1) is 13.5. The fourth-order valence-corrected chi connectivity index (χ4v) is 2.67. The Morgan fingerprint density at radius 2 is 1.50 bits per heavy atom. The van der Waals surface area contributed by atoms with E-state index in [1.54, 1.807) is 0 Å². The summed E-state index contributed by atoms with van der Waals surface area (Å²) in [6.07, 6.45) is 4.42. The summed E-state index contributed by atoms with van der Waals surface area (Å²) < 4.78 is 37.0. The van der Waals surface area contributed by atoms with Crippen LogP contribution in [0, 0.1) is 0 Å². The SMILES string of the molecule is CCCCCC(COCCOCCOCCOP(=O)(O)O)Oc1ccccc1. The number of phosphoric acid groups is 1. The van der Waals surface area contributed by atoms with E-state index in [1.807, 2.05) is 30.3 Å². The molecule has 1 unspecified atom stereocenters.